The van der Waals surface area contributed by atoms with Gasteiger partial charge in [-0.25, -0.2) is 0 Å². The molecule has 1 fully saturated rings. The number of halogens is 1. The van der Waals surface area contributed by atoms with E-state index in [0.717, 1.165) is 43.1 Å². The summed E-state index contributed by atoms with van der Waals surface area (Å²) in [6.07, 6.45) is 1.81. The molecule has 0 bridgehead atoms. The second-order valence-electron chi connectivity index (χ2n) is 5.32. The molecule has 4 heteroatoms. The second kappa shape index (κ2) is 7.09. The Morgan fingerprint density at radius 1 is 1.45 bits per heavy atom. The molecule has 0 radical (unpaired) electrons. The first-order valence-electron chi connectivity index (χ1n) is 7.44. The summed E-state index contributed by atoms with van der Waals surface area (Å²) < 4.78 is 0. The van der Waals surface area contributed by atoms with Gasteiger partial charge in [-0.2, -0.15) is 0 Å². The van der Waals surface area contributed by atoms with Crippen molar-refractivity contribution in [3.63, 3.8) is 0 Å². The van der Waals surface area contributed by atoms with Gasteiger partial charge in [0.1, 0.15) is 0 Å². The molecule has 1 aliphatic heterocycles. The van der Waals surface area contributed by atoms with Crippen molar-refractivity contribution in [3.05, 3.63) is 34.9 Å². The van der Waals surface area contributed by atoms with Gasteiger partial charge in [0, 0.05) is 30.6 Å². The molecule has 1 unspecified atom stereocenters. The lowest BCUT2D eigenvalue weighted by Crippen LogP contribution is -2.50. The molecule has 1 amide bonds. The van der Waals surface area contributed by atoms with Crippen LogP contribution in [0.1, 0.15) is 38.3 Å². The molecule has 1 aromatic carbocycles. The van der Waals surface area contributed by atoms with E-state index in [1.165, 1.54) is 0 Å². The van der Waals surface area contributed by atoms with Gasteiger partial charge in [0.05, 0.1) is 6.04 Å². The van der Waals surface area contributed by atoms with Crippen LogP contribution >= 0.6 is 11.6 Å². The second-order valence-corrected chi connectivity index (χ2v) is 5.76. The van der Waals surface area contributed by atoms with E-state index < -0.39 is 0 Å². The maximum absolute atomic E-state index is 12.7. The van der Waals surface area contributed by atoms with Crippen LogP contribution in [0.3, 0.4) is 0 Å². The van der Waals surface area contributed by atoms with Crippen LogP contribution in [0.4, 0.5) is 0 Å². The van der Waals surface area contributed by atoms with E-state index in [1.54, 1.807) is 0 Å². The maximum atomic E-state index is 12.7. The van der Waals surface area contributed by atoms with Gasteiger partial charge >= 0.3 is 0 Å². The summed E-state index contributed by atoms with van der Waals surface area (Å²) in [6, 6.07) is 7.93. The molecular weight excluding hydrogens is 272 g/mol. The largest absolute Gasteiger partial charge is 0.333 e. The van der Waals surface area contributed by atoms with Crippen molar-refractivity contribution in [2.75, 3.05) is 19.6 Å². The fraction of sp³-hybridized carbons (Fsp3) is 0.562. The molecule has 0 saturated carbocycles. The van der Waals surface area contributed by atoms with Gasteiger partial charge in [-0.15, -0.1) is 0 Å². The number of rotatable bonds is 4. The molecule has 1 atom stereocenters. The lowest BCUT2D eigenvalue weighted by Gasteiger charge is -2.38. The van der Waals surface area contributed by atoms with Crippen molar-refractivity contribution >= 4 is 17.5 Å². The van der Waals surface area contributed by atoms with Gasteiger partial charge in [0.25, 0.3) is 0 Å². The Morgan fingerprint density at radius 2 is 2.20 bits per heavy atom. The third-order valence-electron chi connectivity index (χ3n) is 4.09. The van der Waals surface area contributed by atoms with Crippen molar-refractivity contribution in [2.24, 2.45) is 5.92 Å². The average Bonchev–Trinajstić information content (AvgIpc) is 2.48. The van der Waals surface area contributed by atoms with Gasteiger partial charge in [-0.1, -0.05) is 37.6 Å². The fourth-order valence-electron chi connectivity index (χ4n) is 2.85. The Morgan fingerprint density at radius 3 is 2.85 bits per heavy atom. The highest BCUT2D eigenvalue weighted by molar-refractivity contribution is 6.30. The number of nitrogens with one attached hydrogen (secondary N) is 1. The van der Waals surface area contributed by atoms with Crippen molar-refractivity contribution in [3.8, 4) is 0 Å². The van der Waals surface area contributed by atoms with Crippen LogP contribution in [-0.2, 0) is 4.79 Å². The minimum absolute atomic E-state index is 0.0931. The Balaban J connectivity index is 2.23. The standard InChI is InChI=1S/C16H23ClN2O/c1-3-12(4-2)16(20)19-9-8-18-11-15(19)13-6-5-7-14(17)10-13/h5-7,10,12,15,18H,3-4,8-9,11H2,1-2H3. The van der Waals surface area contributed by atoms with E-state index in [1.807, 2.05) is 23.1 Å². The van der Waals surface area contributed by atoms with E-state index >= 15 is 0 Å². The van der Waals surface area contributed by atoms with Crippen LogP contribution < -0.4 is 5.32 Å². The maximum Gasteiger partial charge on any atom is 0.226 e. The molecule has 3 nitrogen and oxygen atoms in total. The molecule has 1 saturated heterocycles. The smallest absolute Gasteiger partial charge is 0.226 e. The minimum atomic E-state index is 0.0931. The van der Waals surface area contributed by atoms with Crippen LogP contribution in [0.2, 0.25) is 5.02 Å². The van der Waals surface area contributed by atoms with Gasteiger partial charge < -0.3 is 10.2 Å². The first kappa shape index (κ1) is 15.3. The predicted octanol–water partition coefficient (Wildman–Crippen LogP) is 3.25. The zero-order valence-electron chi connectivity index (χ0n) is 12.2. The van der Waals surface area contributed by atoms with Gasteiger partial charge in [0.15, 0.2) is 0 Å². The third kappa shape index (κ3) is 3.33. The average molecular weight is 295 g/mol. The summed E-state index contributed by atoms with van der Waals surface area (Å²) in [4.78, 5) is 14.7. The SMILES string of the molecule is CCC(CC)C(=O)N1CCNCC1c1cccc(Cl)c1. The number of carbonyl (C=O) groups excluding carboxylic acids is 1. The molecule has 0 aromatic heterocycles. The minimum Gasteiger partial charge on any atom is -0.333 e. The molecule has 1 heterocycles. The normalized spacial score (nSPS) is 19.4. The van der Waals surface area contributed by atoms with Crippen LogP contribution in [-0.4, -0.2) is 30.4 Å². The highest BCUT2D eigenvalue weighted by Gasteiger charge is 2.30. The number of benzene rings is 1. The Bertz CT molecular complexity index is 460. The number of nitrogens with zero attached hydrogens (tertiary/aromatic N) is 1. The number of amides is 1. The molecule has 1 aliphatic rings. The first-order chi connectivity index (χ1) is 9.67. The summed E-state index contributed by atoms with van der Waals surface area (Å²) in [5, 5.41) is 4.10. The van der Waals surface area contributed by atoms with Gasteiger partial charge in [-0.05, 0) is 30.5 Å². The summed E-state index contributed by atoms with van der Waals surface area (Å²) >= 11 is 6.08. The molecule has 0 aliphatic carbocycles. The van der Waals surface area contributed by atoms with Crippen LogP contribution in [0.25, 0.3) is 0 Å². The summed E-state index contributed by atoms with van der Waals surface area (Å²) in [5.74, 6) is 0.413. The Kier molecular flexibility index (Phi) is 5.44. The molecule has 0 spiro atoms. The predicted molar refractivity (Wildman–Crippen MR) is 82.8 cm³/mol. The summed E-state index contributed by atoms with van der Waals surface area (Å²) in [5.41, 5.74) is 1.11. The molecule has 2 rings (SSSR count). The third-order valence-corrected chi connectivity index (χ3v) is 4.33. The monoisotopic (exact) mass is 294 g/mol. The van der Waals surface area contributed by atoms with Crippen molar-refractivity contribution < 1.29 is 4.79 Å². The Labute approximate surface area is 126 Å². The molecular formula is C16H23ClN2O. The molecule has 20 heavy (non-hydrogen) atoms. The zero-order valence-corrected chi connectivity index (χ0v) is 13.0. The van der Waals surface area contributed by atoms with E-state index in [0.29, 0.717) is 0 Å². The van der Waals surface area contributed by atoms with Crippen LogP contribution in [0.15, 0.2) is 24.3 Å². The molecule has 110 valence electrons. The molecule has 1 aromatic rings. The Hall–Kier alpha value is -1.06. The lowest BCUT2D eigenvalue weighted by molar-refractivity contribution is -0.139. The summed E-state index contributed by atoms with van der Waals surface area (Å²) in [6.45, 7) is 6.60. The number of carbonyl (C=O) groups is 1. The van der Waals surface area contributed by atoms with Crippen molar-refractivity contribution in [1.29, 1.82) is 0 Å². The van der Waals surface area contributed by atoms with Crippen LogP contribution in [0, 0.1) is 5.92 Å². The van der Waals surface area contributed by atoms with Crippen LogP contribution in [0.5, 0.6) is 0 Å². The number of hydrogen-bond donors (Lipinski definition) is 1. The number of piperazine rings is 1. The van der Waals surface area contributed by atoms with E-state index in [-0.39, 0.29) is 17.9 Å². The first-order valence-corrected chi connectivity index (χ1v) is 7.81. The fourth-order valence-corrected chi connectivity index (χ4v) is 3.05. The van der Waals surface area contributed by atoms with Gasteiger partial charge in [0.2, 0.25) is 5.91 Å². The van der Waals surface area contributed by atoms with E-state index in [4.69, 9.17) is 11.6 Å². The van der Waals surface area contributed by atoms with Crippen molar-refractivity contribution in [2.45, 2.75) is 32.7 Å². The van der Waals surface area contributed by atoms with E-state index in [2.05, 4.69) is 25.2 Å². The quantitative estimate of drug-likeness (QED) is 0.924. The van der Waals surface area contributed by atoms with Gasteiger partial charge in [-0.3, -0.25) is 4.79 Å². The highest BCUT2D eigenvalue weighted by Crippen LogP contribution is 2.27. The number of hydrogen-bond acceptors (Lipinski definition) is 2. The topological polar surface area (TPSA) is 32.3 Å². The lowest BCUT2D eigenvalue weighted by atomic mass is 9.97. The molecule has 1 N–H and O–H groups in total. The zero-order chi connectivity index (χ0) is 14.5. The van der Waals surface area contributed by atoms with Crippen molar-refractivity contribution in [1.82, 2.24) is 10.2 Å². The van der Waals surface area contributed by atoms with E-state index in [9.17, 15) is 4.79 Å². The summed E-state index contributed by atoms with van der Waals surface area (Å²) in [7, 11) is 0. The highest BCUT2D eigenvalue weighted by atomic mass is 35.5.